The third-order valence-corrected chi connectivity index (χ3v) is 11.5. The van der Waals surface area contributed by atoms with Crippen LogP contribution in [-0.4, -0.2) is 105 Å². The van der Waals surface area contributed by atoms with Crippen LogP contribution in [0.3, 0.4) is 0 Å². The molecule has 1 aromatic rings. The highest BCUT2D eigenvalue weighted by molar-refractivity contribution is 6.01. The number of para-hydroxylation sites is 1. The van der Waals surface area contributed by atoms with Crippen LogP contribution in [-0.2, 0) is 33.4 Å². The number of aliphatic imine (C=N–C) groups is 1. The molecule has 0 aromatic heterocycles. The van der Waals surface area contributed by atoms with Crippen LogP contribution >= 0.6 is 0 Å². The fourth-order valence-corrected chi connectivity index (χ4v) is 7.56. The Hall–Kier alpha value is -4.50. The molecule has 2 aliphatic rings. The van der Waals surface area contributed by atoms with Gasteiger partial charge in [-0.05, 0) is 76.8 Å². The molecule has 1 saturated heterocycles. The van der Waals surface area contributed by atoms with Crippen molar-refractivity contribution in [3.8, 4) is 5.75 Å². The molecule has 1 aromatic carbocycles. The molecule has 3 rings (SSSR count). The lowest BCUT2D eigenvalue weighted by Gasteiger charge is -2.27. The number of nitrogens with one attached hydrogen (secondary N) is 2. The van der Waals surface area contributed by atoms with E-state index in [9.17, 15) is 39.5 Å². The minimum absolute atomic E-state index is 0.000835. The van der Waals surface area contributed by atoms with Crippen molar-refractivity contribution in [2.75, 3.05) is 13.1 Å². The summed E-state index contributed by atoms with van der Waals surface area (Å²) in [6.45, 7) is 7.39. The van der Waals surface area contributed by atoms with Gasteiger partial charge < -0.3 is 25.2 Å². The van der Waals surface area contributed by atoms with Gasteiger partial charge in [0.1, 0.15) is 30.0 Å². The summed E-state index contributed by atoms with van der Waals surface area (Å²) >= 11 is 0. The van der Waals surface area contributed by atoms with E-state index >= 15 is 0 Å². The van der Waals surface area contributed by atoms with Crippen LogP contribution in [0.5, 0.6) is 5.75 Å². The fourth-order valence-electron chi connectivity index (χ4n) is 7.56. The molecule has 2 heterocycles. The number of hydroxylamine groups is 4. The van der Waals surface area contributed by atoms with Gasteiger partial charge in [-0.25, -0.2) is 19.9 Å². The summed E-state index contributed by atoms with van der Waals surface area (Å²) < 4.78 is 11.7. The molecule has 61 heavy (non-hydrogen) atoms. The van der Waals surface area contributed by atoms with E-state index < -0.39 is 65.8 Å². The lowest BCUT2D eigenvalue weighted by Crippen LogP contribution is -2.51. The Morgan fingerprint density at radius 1 is 0.967 bits per heavy atom. The summed E-state index contributed by atoms with van der Waals surface area (Å²) in [4.78, 5) is 70.3. The van der Waals surface area contributed by atoms with E-state index in [1.807, 2.05) is 0 Å². The molecule has 1 fully saturated rings. The van der Waals surface area contributed by atoms with E-state index in [4.69, 9.17) is 9.47 Å². The highest BCUT2D eigenvalue weighted by atomic mass is 16.5. The number of amides is 4. The molecule has 0 saturated carbocycles. The van der Waals surface area contributed by atoms with Gasteiger partial charge >= 0.3 is 5.97 Å². The number of ether oxygens (including phenoxy) is 2. The Labute approximate surface area is 362 Å². The van der Waals surface area contributed by atoms with Gasteiger partial charge in [0.05, 0.1) is 11.5 Å². The average molecular weight is 856 g/mol. The maximum Gasteiger partial charge on any atom is 0.328 e. The largest absolute Gasteiger partial charge is 0.507 e. The summed E-state index contributed by atoms with van der Waals surface area (Å²) in [6.07, 6.45) is 19.9. The highest BCUT2D eigenvalue weighted by Crippen LogP contribution is 2.25. The van der Waals surface area contributed by atoms with E-state index in [-0.39, 0.29) is 37.6 Å². The second-order valence-electron chi connectivity index (χ2n) is 16.5. The van der Waals surface area contributed by atoms with Crippen molar-refractivity contribution in [1.82, 2.24) is 20.8 Å². The first-order valence-electron chi connectivity index (χ1n) is 22.9. The zero-order chi connectivity index (χ0) is 44.6. The number of unbranched alkanes of at least 4 members (excludes halogenated alkanes) is 13. The van der Waals surface area contributed by atoms with Gasteiger partial charge in [0, 0.05) is 19.2 Å². The van der Waals surface area contributed by atoms with Gasteiger partial charge in [-0.1, -0.05) is 110 Å². The van der Waals surface area contributed by atoms with Crippen LogP contribution in [0.4, 0.5) is 0 Å². The molecule has 342 valence electrons. The van der Waals surface area contributed by atoms with Crippen LogP contribution < -0.4 is 10.6 Å². The Kier molecular flexibility index (Phi) is 23.5. The summed E-state index contributed by atoms with van der Waals surface area (Å²) in [5.74, 6) is -3.91. The number of phenolic OH excluding ortho intramolecular Hbond substituents is 1. The van der Waals surface area contributed by atoms with Crippen molar-refractivity contribution in [3.05, 3.63) is 42.0 Å². The molecular formula is C46H73N5O10. The number of hydrogen-bond acceptors (Lipinski definition) is 11. The van der Waals surface area contributed by atoms with Gasteiger partial charge in [-0.2, -0.15) is 0 Å². The number of allylic oxidation sites excluding steroid dienone is 1. The second-order valence-corrected chi connectivity index (χ2v) is 16.5. The third kappa shape index (κ3) is 17.8. The first kappa shape index (κ1) is 50.9. The predicted molar refractivity (Wildman–Crippen MR) is 232 cm³/mol. The molecule has 15 nitrogen and oxygen atoms in total. The normalized spacial score (nSPS) is 19.4. The fraction of sp³-hybridized carbons (Fsp3) is 0.696. The van der Waals surface area contributed by atoms with Gasteiger partial charge in [0.25, 0.3) is 11.8 Å². The minimum Gasteiger partial charge on any atom is -0.507 e. The smallest absolute Gasteiger partial charge is 0.328 e. The molecular weight excluding hydrogens is 783 g/mol. The van der Waals surface area contributed by atoms with E-state index in [0.717, 1.165) is 19.3 Å². The maximum absolute atomic E-state index is 13.8. The van der Waals surface area contributed by atoms with Crippen LogP contribution in [0.2, 0.25) is 0 Å². The maximum atomic E-state index is 13.8. The minimum atomic E-state index is -1.18. The zero-order valence-corrected chi connectivity index (χ0v) is 37.0. The first-order valence-corrected chi connectivity index (χ1v) is 22.9. The molecule has 6 atom stereocenters. The van der Waals surface area contributed by atoms with Crippen molar-refractivity contribution < 1.29 is 49.0 Å². The van der Waals surface area contributed by atoms with Crippen LogP contribution in [0.25, 0.3) is 0 Å². The monoisotopic (exact) mass is 856 g/mol. The van der Waals surface area contributed by atoms with Crippen molar-refractivity contribution >= 4 is 35.5 Å². The quantitative estimate of drug-likeness (QED) is 0.0187. The topological polar surface area (TPSA) is 207 Å². The summed E-state index contributed by atoms with van der Waals surface area (Å²) in [5, 5.41) is 37.4. The average Bonchev–Trinajstić information content (AvgIpc) is 3.57. The molecule has 5 N–H and O–H groups in total. The number of hydrogen-bond donors (Lipinski definition) is 5. The Morgan fingerprint density at radius 3 is 2.28 bits per heavy atom. The number of aromatic hydroxyl groups is 1. The molecule has 0 bridgehead atoms. The number of phenols is 1. The molecule has 0 unspecified atom stereocenters. The Bertz CT molecular complexity index is 1590. The van der Waals surface area contributed by atoms with Gasteiger partial charge in [-0.3, -0.25) is 29.6 Å². The van der Waals surface area contributed by atoms with E-state index in [1.165, 1.54) is 76.4 Å². The SMILES string of the molecule is CCCCCCCCCCCCCC/C=C\C(=O)N(O)CCCC[C@H](NC(=O)[C@H]1N=C(c2ccccc2O)O[C@@H]1C)C(=O)O[C@H](CC)[C@H](C)C(=O)N[C@H]1CCCCN(O)C1=O. The summed E-state index contributed by atoms with van der Waals surface area (Å²) in [6, 6.07) is 3.29. The molecule has 4 amide bonds. The predicted octanol–water partition coefficient (Wildman–Crippen LogP) is 7.29. The standard InChI is InChI=1S/C46H73N5O10/c1-5-7-8-9-10-11-12-13-14-15-16-17-18-19-30-40(53)50(58)31-24-23-28-37(48-43(55)41-34(4)60-44(49-41)35-26-20-21-29-38(35)52)46(57)61-39(6-2)33(3)42(54)47-36-27-22-25-32-51(59)45(36)56/h19-21,26,29-30,33-34,36-37,39,41,52,58-59H,5-18,22-25,27-28,31-32H2,1-4H3,(H,47,54)(H,48,55)/b30-19-/t33-,34+,36-,37-,39+,41-/m0/s1. The van der Waals surface area contributed by atoms with Crippen molar-refractivity contribution in [2.45, 2.75) is 186 Å². The van der Waals surface area contributed by atoms with Crippen molar-refractivity contribution in [2.24, 2.45) is 10.9 Å². The lowest BCUT2D eigenvalue weighted by molar-refractivity contribution is -0.167. The zero-order valence-electron chi connectivity index (χ0n) is 37.0. The number of benzene rings is 1. The van der Waals surface area contributed by atoms with E-state index in [1.54, 1.807) is 45.0 Å². The number of rotatable bonds is 28. The molecule has 0 spiro atoms. The first-order chi connectivity index (χ1) is 29.4. The van der Waals surface area contributed by atoms with Gasteiger partial charge in [0.2, 0.25) is 17.7 Å². The number of carbonyl (C=O) groups is 5. The molecule has 0 radical (unpaired) electrons. The number of carbonyl (C=O) groups excluding carboxylic acids is 5. The number of esters is 1. The molecule has 2 aliphatic heterocycles. The summed E-state index contributed by atoms with van der Waals surface area (Å²) in [7, 11) is 0. The van der Waals surface area contributed by atoms with Gasteiger partial charge in [-0.15, -0.1) is 0 Å². The molecule has 0 aliphatic carbocycles. The Balaban J connectivity index is 1.53. The Morgan fingerprint density at radius 2 is 1.62 bits per heavy atom. The van der Waals surface area contributed by atoms with Crippen molar-refractivity contribution in [3.63, 3.8) is 0 Å². The van der Waals surface area contributed by atoms with Crippen LogP contribution in [0.15, 0.2) is 41.4 Å². The lowest BCUT2D eigenvalue weighted by atomic mass is 10.00. The summed E-state index contributed by atoms with van der Waals surface area (Å²) in [5.41, 5.74) is 0.318. The van der Waals surface area contributed by atoms with Gasteiger partial charge in [0.15, 0.2) is 6.04 Å². The highest BCUT2D eigenvalue weighted by Gasteiger charge is 2.38. The van der Waals surface area contributed by atoms with E-state index in [2.05, 4.69) is 22.5 Å². The molecule has 15 heteroatoms. The van der Waals surface area contributed by atoms with E-state index in [0.29, 0.717) is 47.8 Å². The van der Waals surface area contributed by atoms with Crippen LogP contribution in [0, 0.1) is 5.92 Å². The third-order valence-electron chi connectivity index (χ3n) is 11.5. The second kappa shape index (κ2) is 28.2. The van der Waals surface area contributed by atoms with Crippen LogP contribution in [0.1, 0.15) is 162 Å². The number of nitrogens with zero attached hydrogens (tertiary/aromatic N) is 3. The van der Waals surface area contributed by atoms with Crippen molar-refractivity contribution in [1.29, 1.82) is 0 Å².